The van der Waals surface area contributed by atoms with Crippen molar-refractivity contribution in [3.8, 4) is 11.1 Å². The zero-order valence-corrected chi connectivity index (χ0v) is 30.0. The molecule has 0 aliphatic heterocycles. The summed E-state index contributed by atoms with van der Waals surface area (Å²) in [6.45, 7) is 3.75. The summed E-state index contributed by atoms with van der Waals surface area (Å²) in [6.07, 6.45) is 0. The van der Waals surface area contributed by atoms with E-state index in [9.17, 15) is 22.9 Å². The van der Waals surface area contributed by atoms with E-state index in [1.807, 2.05) is 61.5 Å². The summed E-state index contributed by atoms with van der Waals surface area (Å²) >= 11 is 0. The van der Waals surface area contributed by atoms with Crippen LogP contribution in [0.5, 0.6) is 0 Å². The quantitative estimate of drug-likeness (QED) is 0.0785. The number of para-hydroxylation sites is 1. The Balaban J connectivity index is 0.00000230. The molecule has 11 heteroatoms. The molecule has 0 saturated carbocycles. The Hall–Kier alpha value is -3.25. The standard InChI is InChI=1S/C34H26N2O6S.2Na/c1-20-7-3-6-10-29(20)35-22-11-14-27-31(18-22)42-32-19-23(36-30-16-13-24(17-21(30)2)43(39,40)41)12-15-28(32)33(27)25-8-4-5-9-26(25)34(37)38;;/h3-19,35-36H,1-2H3,(H-,37,38,39,40,41);;. The van der Waals surface area contributed by atoms with Crippen molar-refractivity contribution in [2.45, 2.75) is 18.7 Å². The number of carboxylic acids is 1. The van der Waals surface area contributed by atoms with Gasteiger partial charge in [0.1, 0.15) is 0 Å². The Morgan fingerprint density at radius 1 is 0.711 bits per heavy atom. The van der Waals surface area contributed by atoms with E-state index in [1.165, 1.54) is 18.2 Å². The Bertz CT molecular complexity index is 2190. The van der Waals surface area contributed by atoms with Crippen LogP contribution in [0.1, 0.15) is 21.5 Å². The van der Waals surface area contributed by atoms with Crippen LogP contribution in [0.3, 0.4) is 0 Å². The monoisotopic (exact) mass is 636 g/mol. The smallest absolute Gasteiger partial charge is 0.363 e. The second-order valence-corrected chi connectivity index (χ2v) is 11.7. The number of carbonyl (C=O) groups is 1. The molecule has 0 fully saturated rings. The van der Waals surface area contributed by atoms with Gasteiger partial charge in [-0.05, 0) is 79.1 Å². The van der Waals surface area contributed by atoms with Crippen LogP contribution in [0.2, 0.25) is 0 Å². The molecule has 0 atom stereocenters. The Morgan fingerprint density at radius 3 is 1.82 bits per heavy atom. The molecule has 6 aromatic rings. The van der Waals surface area contributed by atoms with Crippen LogP contribution >= 0.6 is 0 Å². The van der Waals surface area contributed by atoms with Crippen molar-refractivity contribution in [3.63, 3.8) is 0 Å². The number of nitrogens with one attached hydrogen (secondary N) is 2. The summed E-state index contributed by atoms with van der Waals surface area (Å²) in [5, 5.41) is 20.3. The molecule has 0 bridgehead atoms. The summed E-state index contributed by atoms with van der Waals surface area (Å²) < 4.78 is 38.9. The van der Waals surface area contributed by atoms with Gasteiger partial charge in [0.2, 0.25) is 0 Å². The predicted molar refractivity (Wildman–Crippen MR) is 178 cm³/mol. The number of hydrogen-bond donors (Lipinski definition) is 3. The second-order valence-electron chi connectivity index (χ2n) is 10.2. The van der Waals surface area contributed by atoms with E-state index in [4.69, 9.17) is 4.42 Å². The van der Waals surface area contributed by atoms with Crippen molar-refractivity contribution in [1.82, 2.24) is 0 Å². The summed E-state index contributed by atoms with van der Waals surface area (Å²) in [5.74, 6) is -1.28. The number of fused-ring (bicyclic) bond motifs is 2. The van der Waals surface area contributed by atoms with Crippen molar-refractivity contribution in [1.29, 1.82) is 0 Å². The van der Waals surface area contributed by atoms with E-state index in [2.05, 4.69) is 10.6 Å². The van der Waals surface area contributed by atoms with Crippen molar-refractivity contribution < 1.29 is 27.3 Å². The van der Waals surface area contributed by atoms with Gasteiger partial charge in [0.15, 0.2) is 0 Å². The molecule has 0 spiro atoms. The van der Waals surface area contributed by atoms with Gasteiger partial charge >= 0.3 is 11.2 Å². The number of aromatic carboxylic acids is 1. The van der Waals surface area contributed by atoms with E-state index in [1.54, 1.807) is 37.3 Å². The van der Waals surface area contributed by atoms with Crippen LogP contribution in [-0.4, -0.2) is 78.1 Å². The minimum absolute atomic E-state index is 0. The van der Waals surface area contributed by atoms with Crippen LogP contribution in [0.15, 0.2) is 112 Å². The molecule has 0 amide bonds. The Kier molecular flexibility index (Phi) is 10.8. The first-order valence-electron chi connectivity index (χ1n) is 13.4. The van der Waals surface area contributed by atoms with Gasteiger partial charge in [-0.1, -0.05) is 42.5 Å². The fourth-order valence-electron chi connectivity index (χ4n) is 5.18. The number of aryl methyl sites for hydroxylation is 2. The third-order valence-electron chi connectivity index (χ3n) is 7.34. The zero-order valence-electron chi connectivity index (χ0n) is 25.2. The SMILES string of the molecule is Cc1ccccc1Nc1ccc2c(-c3ccccc3C(=O)[O-])c3ccc(Nc4ccc(S(=O)(=O)O)cc4C)cc3[o+]c2c1.[Na].[Na]. The number of benzene rings is 5. The summed E-state index contributed by atoms with van der Waals surface area (Å²) in [6, 6.07) is 30.1. The second kappa shape index (κ2) is 14.0. The first kappa shape index (κ1) is 34.6. The molecule has 0 aliphatic rings. The normalized spacial score (nSPS) is 11.0. The average Bonchev–Trinajstić information content (AvgIpc) is 2.97. The molecule has 6 rings (SSSR count). The molecule has 1 aromatic heterocycles. The summed E-state index contributed by atoms with van der Waals surface area (Å²) in [5.41, 5.74) is 7.05. The minimum atomic E-state index is -4.33. The molecule has 0 saturated heterocycles. The third-order valence-corrected chi connectivity index (χ3v) is 8.19. The molecule has 216 valence electrons. The molecule has 45 heavy (non-hydrogen) atoms. The molecule has 2 radical (unpaired) electrons. The fraction of sp³-hybridized carbons (Fsp3) is 0.0588. The van der Waals surface area contributed by atoms with Gasteiger partial charge in [-0.15, -0.1) is 0 Å². The van der Waals surface area contributed by atoms with Gasteiger partial charge in [-0.25, -0.2) is 4.42 Å². The van der Waals surface area contributed by atoms with Crippen LogP contribution in [0.25, 0.3) is 33.1 Å². The summed E-state index contributed by atoms with van der Waals surface area (Å²) in [4.78, 5) is 11.9. The number of carbonyl (C=O) groups excluding carboxylic acids is 1. The van der Waals surface area contributed by atoms with Crippen LogP contribution < -0.4 is 15.7 Å². The first-order chi connectivity index (χ1) is 20.6. The van der Waals surface area contributed by atoms with Gasteiger partial charge in [-0.3, -0.25) is 4.55 Å². The Labute approximate surface area is 304 Å². The first-order valence-corrected chi connectivity index (χ1v) is 14.8. The van der Waals surface area contributed by atoms with Crippen molar-refractivity contribution in [2.75, 3.05) is 10.6 Å². The topological polar surface area (TPSA) is 130 Å². The van der Waals surface area contributed by atoms with Crippen LogP contribution in [0.4, 0.5) is 22.7 Å². The molecule has 0 aliphatic carbocycles. The van der Waals surface area contributed by atoms with Gasteiger partial charge in [0, 0.05) is 93.0 Å². The van der Waals surface area contributed by atoms with E-state index in [-0.39, 0.29) is 69.6 Å². The van der Waals surface area contributed by atoms with E-state index >= 15 is 0 Å². The van der Waals surface area contributed by atoms with Gasteiger partial charge in [0.05, 0.1) is 33.8 Å². The number of anilines is 4. The van der Waals surface area contributed by atoms with Crippen molar-refractivity contribution in [3.05, 3.63) is 120 Å². The fourth-order valence-corrected chi connectivity index (χ4v) is 5.74. The molecule has 0 unspecified atom stereocenters. The Morgan fingerprint density at radius 2 is 1.27 bits per heavy atom. The largest absolute Gasteiger partial charge is 0.545 e. The minimum Gasteiger partial charge on any atom is -0.545 e. The third kappa shape index (κ3) is 7.27. The molecule has 5 aromatic carbocycles. The predicted octanol–water partition coefficient (Wildman–Crippen LogP) is 6.49. The molecular weight excluding hydrogens is 610 g/mol. The van der Waals surface area contributed by atoms with E-state index in [0.29, 0.717) is 44.6 Å². The number of rotatable bonds is 7. The summed E-state index contributed by atoms with van der Waals surface area (Å²) in [7, 11) is -4.33. The maximum atomic E-state index is 12.1. The molecule has 3 N–H and O–H groups in total. The van der Waals surface area contributed by atoms with E-state index < -0.39 is 16.1 Å². The van der Waals surface area contributed by atoms with Crippen LogP contribution in [-0.2, 0) is 10.1 Å². The maximum absolute atomic E-state index is 12.1. The van der Waals surface area contributed by atoms with E-state index in [0.717, 1.165) is 22.3 Å². The average molecular weight is 637 g/mol. The maximum Gasteiger partial charge on any atom is 0.363 e. The zero-order chi connectivity index (χ0) is 30.3. The number of hydrogen-bond acceptors (Lipinski definition) is 6. The van der Waals surface area contributed by atoms with Crippen LogP contribution in [0, 0.1) is 13.8 Å². The molecular formula is C34H26N2Na2O6S. The van der Waals surface area contributed by atoms with Crippen molar-refractivity contribution in [2.24, 2.45) is 0 Å². The molecule has 1 heterocycles. The number of carboxylic acid groups (broad SMARTS) is 1. The van der Waals surface area contributed by atoms with Gasteiger partial charge in [0.25, 0.3) is 10.1 Å². The van der Waals surface area contributed by atoms with Gasteiger partial charge in [-0.2, -0.15) is 8.42 Å². The van der Waals surface area contributed by atoms with Crippen molar-refractivity contribution >= 4 is 120 Å². The van der Waals surface area contributed by atoms with Gasteiger partial charge < -0.3 is 20.5 Å². The molecule has 8 nitrogen and oxygen atoms in total.